The number of rotatable bonds is 6. The molecule has 1 aromatic heterocycles. The average Bonchev–Trinajstić information content (AvgIpc) is 2.66. The zero-order chi connectivity index (χ0) is 13.1. The topological polar surface area (TPSA) is 53.1 Å². The molecule has 17 heavy (non-hydrogen) atoms. The minimum absolute atomic E-state index is 0.287. The summed E-state index contributed by atoms with van der Waals surface area (Å²) in [7, 11) is 0. The van der Waals surface area contributed by atoms with Crippen LogP contribution in [0.4, 0.5) is 0 Å². The van der Waals surface area contributed by atoms with Crippen molar-refractivity contribution in [2.75, 3.05) is 13.2 Å². The number of imidazole rings is 1. The third kappa shape index (κ3) is 3.54. The van der Waals surface area contributed by atoms with E-state index in [2.05, 4.69) is 23.4 Å². The van der Waals surface area contributed by atoms with Crippen LogP contribution in [0.3, 0.4) is 0 Å². The lowest BCUT2D eigenvalue weighted by Gasteiger charge is -2.28. The van der Waals surface area contributed by atoms with Crippen LogP contribution in [-0.2, 0) is 10.3 Å². The van der Waals surface area contributed by atoms with Gasteiger partial charge in [-0.15, -0.1) is 0 Å². The third-order valence-electron chi connectivity index (χ3n) is 2.95. The van der Waals surface area contributed by atoms with Gasteiger partial charge in [-0.1, -0.05) is 13.8 Å². The van der Waals surface area contributed by atoms with E-state index in [0.29, 0.717) is 12.5 Å². The van der Waals surface area contributed by atoms with Crippen LogP contribution in [0.25, 0.3) is 0 Å². The lowest BCUT2D eigenvalue weighted by Crippen LogP contribution is -2.34. The average molecular weight is 239 g/mol. The molecule has 0 saturated heterocycles. The molecule has 0 aliphatic carbocycles. The Balaban J connectivity index is 2.98. The number of nitrogens with two attached hydrogens (primary N) is 1. The van der Waals surface area contributed by atoms with Crippen LogP contribution in [0, 0.1) is 5.92 Å². The number of ether oxygens (including phenoxy) is 1. The van der Waals surface area contributed by atoms with Crippen LogP contribution in [0.2, 0.25) is 0 Å². The molecule has 2 N–H and O–H groups in total. The molecule has 0 radical (unpaired) electrons. The quantitative estimate of drug-likeness (QED) is 0.828. The molecule has 1 unspecified atom stereocenters. The fourth-order valence-corrected chi connectivity index (χ4v) is 1.90. The maximum atomic E-state index is 6.17. The summed E-state index contributed by atoms with van der Waals surface area (Å²) in [5.41, 5.74) is 6.84. The van der Waals surface area contributed by atoms with E-state index < -0.39 is 0 Å². The molecule has 0 aliphatic heterocycles. The minimum Gasteiger partial charge on any atom is -0.380 e. The Morgan fingerprint density at radius 1 is 1.47 bits per heavy atom. The lowest BCUT2D eigenvalue weighted by molar-refractivity contribution is 0.0941. The van der Waals surface area contributed by atoms with Crippen LogP contribution >= 0.6 is 0 Å². The highest BCUT2D eigenvalue weighted by Crippen LogP contribution is 2.25. The Bertz CT molecular complexity index is 339. The molecule has 0 aromatic carbocycles. The third-order valence-corrected chi connectivity index (χ3v) is 2.95. The van der Waals surface area contributed by atoms with Crippen molar-refractivity contribution in [2.45, 2.75) is 46.2 Å². The number of hydrogen-bond acceptors (Lipinski definition) is 3. The fourth-order valence-electron chi connectivity index (χ4n) is 1.90. The second-order valence-corrected chi connectivity index (χ2v) is 5.38. The smallest absolute Gasteiger partial charge is 0.0952 e. The SMILES string of the molecule is CCOCC(C(C)C)n1cncc1C(C)(C)N. The Morgan fingerprint density at radius 3 is 2.59 bits per heavy atom. The van der Waals surface area contributed by atoms with Gasteiger partial charge in [-0.05, 0) is 26.7 Å². The van der Waals surface area contributed by atoms with Crippen molar-refractivity contribution in [1.29, 1.82) is 0 Å². The molecule has 1 heterocycles. The molecule has 1 atom stereocenters. The van der Waals surface area contributed by atoms with Gasteiger partial charge in [-0.2, -0.15) is 0 Å². The van der Waals surface area contributed by atoms with Gasteiger partial charge in [0.15, 0.2) is 0 Å². The molecule has 0 aliphatic rings. The van der Waals surface area contributed by atoms with Crippen LogP contribution in [0.15, 0.2) is 12.5 Å². The molecule has 0 fully saturated rings. The van der Waals surface area contributed by atoms with Crippen LogP contribution in [0.1, 0.15) is 46.4 Å². The Labute approximate surface area is 104 Å². The standard InChI is InChI=1S/C13H25N3O/c1-6-17-8-11(10(2)3)16-9-15-7-12(16)13(4,5)14/h7,9-11H,6,8,14H2,1-5H3. The summed E-state index contributed by atoms with van der Waals surface area (Å²) in [6, 6.07) is 0.287. The summed E-state index contributed by atoms with van der Waals surface area (Å²) in [4.78, 5) is 4.23. The van der Waals surface area contributed by atoms with Crippen molar-refractivity contribution in [1.82, 2.24) is 9.55 Å². The van der Waals surface area contributed by atoms with Gasteiger partial charge in [0.2, 0.25) is 0 Å². The second kappa shape index (κ2) is 5.65. The van der Waals surface area contributed by atoms with E-state index in [1.807, 2.05) is 33.3 Å². The normalized spacial score (nSPS) is 14.3. The van der Waals surface area contributed by atoms with Crippen molar-refractivity contribution in [2.24, 2.45) is 11.7 Å². The molecule has 1 aromatic rings. The molecule has 0 bridgehead atoms. The molecule has 4 nitrogen and oxygen atoms in total. The van der Waals surface area contributed by atoms with Crippen molar-refractivity contribution < 1.29 is 4.74 Å². The maximum Gasteiger partial charge on any atom is 0.0952 e. The number of aromatic nitrogens is 2. The monoisotopic (exact) mass is 239 g/mol. The second-order valence-electron chi connectivity index (χ2n) is 5.38. The maximum absolute atomic E-state index is 6.17. The van der Waals surface area contributed by atoms with Crippen molar-refractivity contribution in [3.8, 4) is 0 Å². The fraction of sp³-hybridized carbons (Fsp3) is 0.769. The summed E-state index contributed by atoms with van der Waals surface area (Å²) < 4.78 is 7.71. The van der Waals surface area contributed by atoms with Gasteiger partial charge in [0.05, 0.1) is 30.2 Å². The molecule has 0 saturated carbocycles. The van der Waals surface area contributed by atoms with Gasteiger partial charge in [-0.3, -0.25) is 0 Å². The Hall–Kier alpha value is -0.870. The largest absolute Gasteiger partial charge is 0.380 e. The van der Waals surface area contributed by atoms with Gasteiger partial charge in [-0.25, -0.2) is 4.98 Å². The Morgan fingerprint density at radius 2 is 2.12 bits per heavy atom. The summed E-state index contributed by atoms with van der Waals surface area (Å²) in [5.74, 6) is 0.483. The van der Waals surface area contributed by atoms with E-state index in [4.69, 9.17) is 10.5 Å². The van der Waals surface area contributed by atoms with Crippen LogP contribution in [0.5, 0.6) is 0 Å². The molecule has 1 rings (SSSR count). The highest BCUT2D eigenvalue weighted by atomic mass is 16.5. The van der Waals surface area contributed by atoms with Gasteiger partial charge in [0.1, 0.15) is 0 Å². The summed E-state index contributed by atoms with van der Waals surface area (Å²) in [6.07, 6.45) is 3.70. The van der Waals surface area contributed by atoms with E-state index in [1.165, 1.54) is 0 Å². The van der Waals surface area contributed by atoms with Crippen LogP contribution < -0.4 is 5.73 Å². The molecule has 0 amide bonds. The molecule has 98 valence electrons. The van der Waals surface area contributed by atoms with Crippen molar-refractivity contribution >= 4 is 0 Å². The van der Waals surface area contributed by atoms with E-state index >= 15 is 0 Å². The molecule has 4 heteroatoms. The lowest BCUT2D eigenvalue weighted by atomic mass is 9.99. The highest BCUT2D eigenvalue weighted by Gasteiger charge is 2.24. The zero-order valence-corrected chi connectivity index (χ0v) is 11.6. The van der Waals surface area contributed by atoms with E-state index in [0.717, 1.165) is 12.3 Å². The first-order valence-corrected chi connectivity index (χ1v) is 6.26. The summed E-state index contributed by atoms with van der Waals surface area (Å²) >= 11 is 0. The summed E-state index contributed by atoms with van der Waals surface area (Å²) in [6.45, 7) is 11.8. The van der Waals surface area contributed by atoms with Crippen LogP contribution in [-0.4, -0.2) is 22.8 Å². The predicted molar refractivity (Wildman–Crippen MR) is 69.8 cm³/mol. The molecular formula is C13H25N3O. The van der Waals surface area contributed by atoms with Gasteiger partial charge in [0, 0.05) is 12.8 Å². The Kier molecular flexibility index (Phi) is 4.71. The number of nitrogens with zero attached hydrogens (tertiary/aromatic N) is 2. The molecular weight excluding hydrogens is 214 g/mol. The van der Waals surface area contributed by atoms with Crippen molar-refractivity contribution in [3.05, 3.63) is 18.2 Å². The first-order chi connectivity index (χ1) is 7.88. The molecule has 0 spiro atoms. The first kappa shape index (κ1) is 14.2. The zero-order valence-electron chi connectivity index (χ0n) is 11.6. The van der Waals surface area contributed by atoms with Gasteiger partial charge in [0.25, 0.3) is 0 Å². The van der Waals surface area contributed by atoms with Gasteiger partial charge < -0.3 is 15.0 Å². The van der Waals surface area contributed by atoms with E-state index in [1.54, 1.807) is 0 Å². The number of hydrogen-bond donors (Lipinski definition) is 1. The van der Waals surface area contributed by atoms with E-state index in [9.17, 15) is 0 Å². The van der Waals surface area contributed by atoms with Gasteiger partial charge >= 0.3 is 0 Å². The predicted octanol–water partition coefficient (Wildman–Crippen LogP) is 2.31. The van der Waals surface area contributed by atoms with E-state index in [-0.39, 0.29) is 11.6 Å². The minimum atomic E-state index is -0.379. The highest BCUT2D eigenvalue weighted by molar-refractivity contribution is 5.11. The van der Waals surface area contributed by atoms with Crippen molar-refractivity contribution in [3.63, 3.8) is 0 Å². The first-order valence-electron chi connectivity index (χ1n) is 6.26. The summed E-state index contributed by atoms with van der Waals surface area (Å²) in [5, 5.41) is 0.